The van der Waals surface area contributed by atoms with Gasteiger partial charge in [0.25, 0.3) is 5.91 Å². The Bertz CT molecular complexity index is 718. The van der Waals surface area contributed by atoms with Crippen LogP contribution in [0.2, 0.25) is 0 Å². The van der Waals surface area contributed by atoms with Crippen molar-refractivity contribution >= 4 is 5.91 Å². The van der Waals surface area contributed by atoms with Crippen molar-refractivity contribution in [3.8, 4) is 0 Å². The third-order valence-electron chi connectivity index (χ3n) is 5.14. The Hall–Kier alpha value is -2.14. The van der Waals surface area contributed by atoms with Gasteiger partial charge in [-0.2, -0.15) is 5.10 Å². The Morgan fingerprint density at radius 3 is 2.67 bits per heavy atom. The highest BCUT2D eigenvalue weighted by Gasteiger charge is 2.30. The first-order valence-corrected chi connectivity index (χ1v) is 8.76. The summed E-state index contributed by atoms with van der Waals surface area (Å²) in [5, 5.41) is 16.3. The molecular formula is C19H23N3O2. The van der Waals surface area contributed by atoms with E-state index in [1.165, 1.54) is 18.4 Å². The summed E-state index contributed by atoms with van der Waals surface area (Å²) in [7, 11) is 0. The zero-order chi connectivity index (χ0) is 16.5. The van der Waals surface area contributed by atoms with E-state index in [1.54, 1.807) is 0 Å². The van der Waals surface area contributed by atoms with Crippen molar-refractivity contribution < 1.29 is 9.90 Å². The first kappa shape index (κ1) is 15.4. The summed E-state index contributed by atoms with van der Waals surface area (Å²) in [5.41, 5.74) is 3.87. The minimum atomic E-state index is 0.0521. The lowest BCUT2D eigenvalue weighted by Crippen LogP contribution is -2.29. The molecule has 1 unspecified atom stereocenters. The normalized spacial score (nSPS) is 20.5. The van der Waals surface area contributed by atoms with Crippen LogP contribution < -0.4 is 0 Å². The molecule has 0 radical (unpaired) electrons. The van der Waals surface area contributed by atoms with Crippen LogP contribution in [0.25, 0.3) is 0 Å². The fraction of sp³-hybridized carbons (Fsp3) is 0.474. The van der Waals surface area contributed by atoms with Gasteiger partial charge in [-0.3, -0.25) is 9.89 Å². The molecule has 4 rings (SSSR count). The molecule has 1 atom stereocenters. The molecule has 1 saturated carbocycles. The predicted octanol–water partition coefficient (Wildman–Crippen LogP) is 2.48. The van der Waals surface area contributed by atoms with Gasteiger partial charge in [0.15, 0.2) is 0 Å². The fourth-order valence-electron chi connectivity index (χ4n) is 3.51. The standard InChI is InChI=1S/C19H23N3O2/c23-12-14-3-1-13(2-4-14)9-15-7-8-22(11-15)19(24)18-10-17(20-21-18)16-5-6-16/h1-4,10,15-16,23H,5-9,11-12H2,(H,20,21). The summed E-state index contributed by atoms with van der Waals surface area (Å²) in [6.07, 6.45) is 4.42. The molecule has 1 aromatic heterocycles. The summed E-state index contributed by atoms with van der Waals surface area (Å²) in [5.74, 6) is 1.14. The zero-order valence-corrected chi connectivity index (χ0v) is 13.7. The van der Waals surface area contributed by atoms with E-state index in [2.05, 4.69) is 22.3 Å². The van der Waals surface area contributed by atoms with Crippen molar-refractivity contribution in [3.63, 3.8) is 0 Å². The van der Waals surface area contributed by atoms with Gasteiger partial charge in [0.2, 0.25) is 0 Å². The number of rotatable bonds is 5. The topological polar surface area (TPSA) is 69.2 Å². The Morgan fingerprint density at radius 2 is 1.96 bits per heavy atom. The van der Waals surface area contributed by atoms with Gasteiger partial charge in [-0.05, 0) is 48.8 Å². The largest absolute Gasteiger partial charge is 0.392 e. The smallest absolute Gasteiger partial charge is 0.274 e. The van der Waals surface area contributed by atoms with Gasteiger partial charge in [-0.25, -0.2) is 0 Å². The molecule has 0 spiro atoms. The molecule has 0 bridgehead atoms. The molecule has 5 heteroatoms. The number of aliphatic hydroxyl groups excluding tert-OH is 1. The summed E-state index contributed by atoms with van der Waals surface area (Å²) in [4.78, 5) is 14.5. The minimum absolute atomic E-state index is 0.0521. The second kappa shape index (κ2) is 6.40. The van der Waals surface area contributed by atoms with Crippen LogP contribution >= 0.6 is 0 Å². The number of carbonyl (C=O) groups excluding carboxylic acids is 1. The quantitative estimate of drug-likeness (QED) is 0.887. The Labute approximate surface area is 141 Å². The lowest BCUT2D eigenvalue weighted by Gasteiger charge is -2.15. The van der Waals surface area contributed by atoms with Gasteiger partial charge in [-0.1, -0.05) is 24.3 Å². The number of amides is 1. The maximum absolute atomic E-state index is 12.6. The van der Waals surface area contributed by atoms with Gasteiger partial charge in [0, 0.05) is 24.7 Å². The van der Waals surface area contributed by atoms with Crippen LogP contribution in [0, 0.1) is 5.92 Å². The fourth-order valence-corrected chi connectivity index (χ4v) is 3.51. The van der Waals surface area contributed by atoms with Gasteiger partial charge in [0.05, 0.1) is 6.61 Å². The van der Waals surface area contributed by atoms with Crippen molar-refractivity contribution in [1.29, 1.82) is 0 Å². The van der Waals surface area contributed by atoms with Crippen molar-refractivity contribution in [2.45, 2.75) is 38.2 Å². The Balaban J connectivity index is 1.35. The number of aromatic amines is 1. The van der Waals surface area contributed by atoms with E-state index < -0.39 is 0 Å². The van der Waals surface area contributed by atoms with Crippen LogP contribution in [0.5, 0.6) is 0 Å². The van der Waals surface area contributed by atoms with Crippen molar-refractivity contribution in [2.75, 3.05) is 13.1 Å². The molecule has 2 aromatic rings. The first-order chi connectivity index (χ1) is 11.7. The summed E-state index contributed by atoms with van der Waals surface area (Å²) in [6, 6.07) is 10.0. The van der Waals surface area contributed by atoms with Crippen LogP contribution in [0.1, 0.15) is 52.5 Å². The number of aliphatic hydroxyl groups is 1. The Kier molecular flexibility index (Phi) is 4.10. The van der Waals surface area contributed by atoms with Crippen molar-refractivity contribution in [1.82, 2.24) is 15.1 Å². The third kappa shape index (κ3) is 3.22. The van der Waals surface area contributed by atoms with Crippen LogP contribution in [0.15, 0.2) is 30.3 Å². The number of nitrogens with one attached hydrogen (secondary N) is 1. The molecule has 1 saturated heterocycles. The maximum atomic E-state index is 12.6. The van der Waals surface area contributed by atoms with Crippen LogP contribution in [0.4, 0.5) is 0 Å². The molecule has 5 nitrogen and oxygen atoms in total. The summed E-state index contributed by atoms with van der Waals surface area (Å²) >= 11 is 0. The van der Waals surface area contributed by atoms with Gasteiger partial charge in [0.1, 0.15) is 5.69 Å². The number of aromatic nitrogens is 2. The number of hydrogen-bond donors (Lipinski definition) is 2. The van der Waals surface area contributed by atoms with E-state index >= 15 is 0 Å². The van der Waals surface area contributed by atoms with E-state index in [0.717, 1.165) is 37.2 Å². The number of nitrogens with zero attached hydrogens (tertiary/aromatic N) is 2. The third-order valence-corrected chi connectivity index (χ3v) is 5.14. The van der Waals surface area contributed by atoms with Crippen molar-refractivity contribution in [2.24, 2.45) is 5.92 Å². The lowest BCUT2D eigenvalue weighted by atomic mass is 9.98. The summed E-state index contributed by atoms with van der Waals surface area (Å²) in [6.45, 7) is 1.69. The molecule has 126 valence electrons. The Morgan fingerprint density at radius 1 is 1.21 bits per heavy atom. The highest BCUT2D eigenvalue weighted by atomic mass is 16.3. The highest BCUT2D eigenvalue weighted by Crippen LogP contribution is 2.39. The number of benzene rings is 1. The van der Waals surface area contributed by atoms with Gasteiger partial charge >= 0.3 is 0 Å². The molecule has 1 aliphatic carbocycles. The molecule has 2 fully saturated rings. The molecule has 1 aromatic carbocycles. The zero-order valence-electron chi connectivity index (χ0n) is 13.7. The molecule has 24 heavy (non-hydrogen) atoms. The van der Waals surface area contributed by atoms with E-state index in [0.29, 0.717) is 17.5 Å². The van der Waals surface area contributed by atoms with Crippen LogP contribution in [0.3, 0.4) is 0 Å². The van der Waals surface area contributed by atoms with E-state index in [4.69, 9.17) is 5.11 Å². The monoisotopic (exact) mass is 325 g/mol. The average molecular weight is 325 g/mol. The van der Waals surface area contributed by atoms with Gasteiger partial charge in [-0.15, -0.1) is 0 Å². The van der Waals surface area contributed by atoms with Crippen molar-refractivity contribution in [3.05, 3.63) is 52.8 Å². The molecular weight excluding hydrogens is 302 g/mol. The molecule has 2 heterocycles. The number of H-pyrrole nitrogens is 1. The van der Waals surface area contributed by atoms with Gasteiger partial charge < -0.3 is 10.0 Å². The predicted molar refractivity (Wildman–Crippen MR) is 90.6 cm³/mol. The van der Waals surface area contributed by atoms with E-state index in [-0.39, 0.29) is 12.5 Å². The molecule has 2 aliphatic rings. The van der Waals surface area contributed by atoms with Crippen LogP contribution in [-0.4, -0.2) is 39.2 Å². The number of hydrogen-bond acceptors (Lipinski definition) is 3. The summed E-state index contributed by atoms with van der Waals surface area (Å²) < 4.78 is 0. The molecule has 2 N–H and O–H groups in total. The maximum Gasteiger partial charge on any atom is 0.274 e. The minimum Gasteiger partial charge on any atom is -0.392 e. The van der Waals surface area contributed by atoms with Crippen LogP contribution in [-0.2, 0) is 13.0 Å². The highest BCUT2D eigenvalue weighted by molar-refractivity contribution is 5.92. The molecule has 1 amide bonds. The van der Waals surface area contributed by atoms with E-state index in [9.17, 15) is 4.79 Å². The average Bonchev–Trinajstić information content (AvgIpc) is 3.16. The number of carbonyl (C=O) groups is 1. The first-order valence-electron chi connectivity index (χ1n) is 8.76. The molecule has 1 aliphatic heterocycles. The lowest BCUT2D eigenvalue weighted by molar-refractivity contribution is 0.0781. The second-order valence-electron chi connectivity index (χ2n) is 7.07. The second-order valence-corrected chi connectivity index (χ2v) is 7.07. The number of likely N-dealkylation sites (tertiary alicyclic amines) is 1. The SMILES string of the molecule is O=C(c1cc(C2CC2)[nH]n1)N1CCC(Cc2ccc(CO)cc2)C1. The van der Waals surface area contributed by atoms with E-state index in [1.807, 2.05) is 23.1 Å².